The van der Waals surface area contributed by atoms with E-state index in [0.29, 0.717) is 5.56 Å². The molecule has 5 nitrogen and oxygen atoms in total. The molecule has 110 valence electrons. The molecule has 1 amide bonds. The highest BCUT2D eigenvalue weighted by atomic mass is 19.1. The van der Waals surface area contributed by atoms with Gasteiger partial charge in [0.15, 0.2) is 18.2 Å². The smallest absolute Gasteiger partial charge is 0.258 e. The van der Waals surface area contributed by atoms with E-state index in [1.807, 2.05) is 0 Å². The van der Waals surface area contributed by atoms with Gasteiger partial charge in [0.1, 0.15) is 0 Å². The SMILES string of the molecule is Cn1cccc(CNC(=O)COc2ccccc2F)c1=O. The molecule has 1 N–H and O–H groups in total. The molecule has 1 aromatic heterocycles. The first kappa shape index (κ1) is 14.8. The Kier molecular flexibility index (Phi) is 4.71. The number of nitrogens with one attached hydrogen (secondary N) is 1. The van der Waals surface area contributed by atoms with Crippen molar-refractivity contribution in [2.75, 3.05) is 6.61 Å². The minimum absolute atomic E-state index is 0.0169. The van der Waals surface area contributed by atoms with Gasteiger partial charge in [0.05, 0.1) is 0 Å². The second-order valence-electron chi connectivity index (χ2n) is 4.45. The van der Waals surface area contributed by atoms with E-state index in [2.05, 4.69) is 5.32 Å². The van der Waals surface area contributed by atoms with Gasteiger partial charge < -0.3 is 14.6 Å². The fourth-order valence-corrected chi connectivity index (χ4v) is 1.74. The topological polar surface area (TPSA) is 60.3 Å². The zero-order valence-electron chi connectivity index (χ0n) is 11.5. The van der Waals surface area contributed by atoms with E-state index in [9.17, 15) is 14.0 Å². The molecule has 0 aliphatic heterocycles. The maximum absolute atomic E-state index is 13.3. The number of benzene rings is 1. The summed E-state index contributed by atoms with van der Waals surface area (Å²) in [5.41, 5.74) is 0.298. The Morgan fingerprint density at radius 1 is 1.29 bits per heavy atom. The minimum atomic E-state index is -0.526. The third-order valence-corrected chi connectivity index (χ3v) is 2.87. The van der Waals surface area contributed by atoms with E-state index in [1.165, 1.54) is 22.8 Å². The summed E-state index contributed by atoms with van der Waals surface area (Å²) in [5, 5.41) is 2.56. The molecule has 0 bridgehead atoms. The normalized spacial score (nSPS) is 10.2. The van der Waals surface area contributed by atoms with Crippen molar-refractivity contribution in [2.24, 2.45) is 7.05 Å². The average molecular weight is 290 g/mol. The summed E-state index contributed by atoms with van der Waals surface area (Å²) in [6.07, 6.45) is 1.63. The number of nitrogens with zero attached hydrogens (tertiary/aromatic N) is 1. The Balaban J connectivity index is 1.87. The van der Waals surface area contributed by atoms with Crippen LogP contribution in [0.5, 0.6) is 5.75 Å². The fraction of sp³-hybridized carbons (Fsp3) is 0.200. The molecule has 0 unspecified atom stereocenters. The van der Waals surface area contributed by atoms with Crippen molar-refractivity contribution in [3.05, 3.63) is 64.3 Å². The lowest BCUT2D eigenvalue weighted by atomic mass is 10.3. The Hall–Kier alpha value is -2.63. The molecule has 2 rings (SSSR count). The van der Waals surface area contributed by atoms with Crippen LogP contribution in [0.4, 0.5) is 4.39 Å². The number of carbonyl (C=O) groups excluding carboxylic acids is 1. The zero-order chi connectivity index (χ0) is 15.2. The molecule has 0 atom stereocenters. The highest BCUT2D eigenvalue weighted by Gasteiger charge is 2.07. The van der Waals surface area contributed by atoms with Crippen LogP contribution in [0, 0.1) is 5.82 Å². The standard InChI is InChI=1S/C15H15FN2O3/c1-18-8-4-5-11(15(18)20)9-17-14(19)10-21-13-7-3-2-6-12(13)16/h2-8H,9-10H2,1H3,(H,17,19). The Morgan fingerprint density at radius 2 is 2.05 bits per heavy atom. The number of aryl methyl sites for hydroxylation is 1. The highest BCUT2D eigenvalue weighted by molar-refractivity contribution is 5.77. The largest absolute Gasteiger partial charge is 0.481 e. The molecule has 0 aliphatic carbocycles. The van der Waals surface area contributed by atoms with Crippen LogP contribution in [0.25, 0.3) is 0 Å². The first-order chi connectivity index (χ1) is 10.1. The van der Waals surface area contributed by atoms with Crippen LogP contribution >= 0.6 is 0 Å². The molecule has 1 aromatic carbocycles. The quantitative estimate of drug-likeness (QED) is 0.900. The number of aromatic nitrogens is 1. The molecular formula is C15H15FN2O3. The summed E-state index contributed by atoms with van der Waals surface area (Å²) in [4.78, 5) is 23.4. The molecule has 0 aliphatic rings. The van der Waals surface area contributed by atoms with Crippen molar-refractivity contribution in [3.8, 4) is 5.75 Å². The molecule has 0 fully saturated rings. The predicted molar refractivity (Wildman–Crippen MR) is 75.4 cm³/mol. The number of rotatable bonds is 5. The number of carbonyl (C=O) groups is 1. The molecule has 1 heterocycles. The summed E-state index contributed by atoms with van der Waals surface area (Å²) >= 11 is 0. The van der Waals surface area contributed by atoms with E-state index in [-0.39, 0.29) is 24.5 Å². The summed E-state index contributed by atoms with van der Waals surface area (Å²) in [6, 6.07) is 9.20. The second-order valence-corrected chi connectivity index (χ2v) is 4.45. The first-order valence-corrected chi connectivity index (χ1v) is 6.36. The lowest BCUT2D eigenvalue weighted by molar-refractivity contribution is -0.123. The number of para-hydroxylation sites is 1. The number of amides is 1. The van der Waals surface area contributed by atoms with Crippen LogP contribution in [0.2, 0.25) is 0 Å². The Morgan fingerprint density at radius 3 is 2.81 bits per heavy atom. The van der Waals surface area contributed by atoms with Crippen LogP contribution in [0.3, 0.4) is 0 Å². The van der Waals surface area contributed by atoms with Crippen molar-refractivity contribution in [2.45, 2.75) is 6.54 Å². The van der Waals surface area contributed by atoms with E-state index < -0.39 is 11.7 Å². The van der Waals surface area contributed by atoms with Crippen molar-refractivity contribution in [1.29, 1.82) is 0 Å². The van der Waals surface area contributed by atoms with Crippen molar-refractivity contribution < 1.29 is 13.9 Å². The Bertz CT molecular complexity index is 697. The number of halogens is 1. The van der Waals surface area contributed by atoms with Crippen LogP contribution < -0.4 is 15.6 Å². The Labute approximate surface area is 121 Å². The monoisotopic (exact) mass is 290 g/mol. The minimum Gasteiger partial charge on any atom is -0.481 e. The zero-order valence-corrected chi connectivity index (χ0v) is 11.5. The molecule has 6 heteroatoms. The van der Waals surface area contributed by atoms with Crippen molar-refractivity contribution >= 4 is 5.91 Å². The fourth-order valence-electron chi connectivity index (χ4n) is 1.74. The summed E-state index contributed by atoms with van der Waals surface area (Å²) < 4.78 is 19.8. The average Bonchev–Trinajstić information content (AvgIpc) is 2.48. The number of hydrogen-bond donors (Lipinski definition) is 1. The van der Waals surface area contributed by atoms with Crippen molar-refractivity contribution in [1.82, 2.24) is 9.88 Å². The first-order valence-electron chi connectivity index (χ1n) is 6.36. The highest BCUT2D eigenvalue weighted by Crippen LogP contribution is 2.14. The van der Waals surface area contributed by atoms with Gasteiger partial charge in [-0.15, -0.1) is 0 Å². The lowest BCUT2D eigenvalue weighted by Gasteiger charge is -2.08. The van der Waals surface area contributed by atoms with Gasteiger partial charge in [0.25, 0.3) is 11.5 Å². The molecule has 0 radical (unpaired) electrons. The van der Waals surface area contributed by atoms with Gasteiger partial charge in [0.2, 0.25) is 0 Å². The molecule has 0 saturated heterocycles. The van der Waals surface area contributed by atoms with E-state index in [0.717, 1.165) is 0 Å². The summed E-state index contributed by atoms with van der Waals surface area (Å²) in [7, 11) is 1.63. The van der Waals surface area contributed by atoms with E-state index in [4.69, 9.17) is 4.74 Å². The number of ether oxygens (including phenoxy) is 1. The van der Waals surface area contributed by atoms with Gasteiger partial charge in [0, 0.05) is 25.4 Å². The van der Waals surface area contributed by atoms with Gasteiger partial charge in [-0.05, 0) is 18.2 Å². The van der Waals surface area contributed by atoms with E-state index in [1.54, 1.807) is 31.4 Å². The maximum Gasteiger partial charge on any atom is 0.258 e. The van der Waals surface area contributed by atoms with Gasteiger partial charge >= 0.3 is 0 Å². The predicted octanol–water partition coefficient (Wildman–Crippen LogP) is 1.22. The number of hydrogen-bond acceptors (Lipinski definition) is 3. The van der Waals surface area contributed by atoms with E-state index >= 15 is 0 Å². The second kappa shape index (κ2) is 6.69. The molecule has 0 spiro atoms. The number of pyridine rings is 1. The van der Waals surface area contributed by atoms with Gasteiger partial charge in [-0.25, -0.2) is 4.39 Å². The maximum atomic E-state index is 13.3. The lowest BCUT2D eigenvalue weighted by Crippen LogP contribution is -2.32. The molecular weight excluding hydrogens is 275 g/mol. The summed E-state index contributed by atoms with van der Waals surface area (Å²) in [6.45, 7) is -0.207. The molecule has 21 heavy (non-hydrogen) atoms. The van der Waals surface area contributed by atoms with Crippen LogP contribution in [-0.4, -0.2) is 17.1 Å². The van der Waals surface area contributed by atoms with Gasteiger partial charge in [-0.3, -0.25) is 9.59 Å². The third kappa shape index (κ3) is 3.92. The van der Waals surface area contributed by atoms with Crippen LogP contribution in [0.15, 0.2) is 47.4 Å². The molecule has 0 saturated carbocycles. The van der Waals surface area contributed by atoms with Gasteiger partial charge in [-0.1, -0.05) is 18.2 Å². The van der Waals surface area contributed by atoms with Crippen LogP contribution in [0.1, 0.15) is 5.56 Å². The third-order valence-electron chi connectivity index (χ3n) is 2.87. The molecule has 2 aromatic rings. The summed E-state index contributed by atoms with van der Waals surface area (Å²) in [5.74, 6) is -0.935. The van der Waals surface area contributed by atoms with Gasteiger partial charge in [-0.2, -0.15) is 0 Å². The van der Waals surface area contributed by atoms with Crippen LogP contribution in [-0.2, 0) is 18.4 Å². The van der Waals surface area contributed by atoms with Crippen molar-refractivity contribution in [3.63, 3.8) is 0 Å².